The van der Waals surface area contributed by atoms with Gasteiger partial charge in [-0.05, 0) is 17.7 Å². The first-order chi connectivity index (χ1) is 9.48. The van der Waals surface area contributed by atoms with Gasteiger partial charge in [-0.1, -0.05) is 36.4 Å². The van der Waals surface area contributed by atoms with E-state index in [-0.39, 0.29) is 17.0 Å². The minimum atomic E-state index is -4.47. The summed E-state index contributed by atoms with van der Waals surface area (Å²) in [4.78, 5) is 2.69. The minimum Gasteiger partial charge on any atom is -0.494 e. The lowest BCUT2D eigenvalue weighted by molar-refractivity contribution is -0.137. The average molecular weight is 277 g/mol. The van der Waals surface area contributed by atoms with Crippen molar-refractivity contribution in [2.24, 2.45) is 0 Å². The van der Waals surface area contributed by atoms with Gasteiger partial charge in [0, 0.05) is 10.9 Å². The summed E-state index contributed by atoms with van der Waals surface area (Å²) in [6.45, 7) is 0. The molecule has 102 valence electrons. The second-order valence-corrected chi connectivity index (χ2v) is 4.44. The molecule has 0 bridgehead atoms. The molecule has 0 radical (unpaired) electrons. The monoisotopic (exact) mass is 277 g/mol. The van der Waals surface area contributed by atoms with Crippen LogP contribution >= 0.6 is 0 Å². The molecular formula is C15H10F3NO. The lowest BCUT2D eigenvalue weighted by Crippen LogP contribution is -2.06. The number of nitrogens with one attached hydrogen (secondary N) is 1. The number of aromatic hydroxyl groups is 1. The largest absolute Gasteiger partial charge is 0.494 e. The Kier molecular flexibility index (Phi) is 2.71. The molecule has 1 aromatic heterocycles. The van der Waals surface area contributed by atoms with Gasteiger partial charge in [-0.15, -0.1) is 0 Å². The van der Waals surface area contributed by atoms with Crippen molar-refractivity contribution < 1.29 is 18.3 Å². The van der Waals surface area contributed by atoms with Gasteiger partial charge in [0.05, 0.1) is 11.1 Å². The SMILES string of the molecule is Oc1[nH]c2ccccc2c1-c1ccccc1C(F)(F)F. The summed E-state index contributed by atoms with van der Waals surface area (Å²) in [6, 6.07) is 12.1. The Morgan fingerprint density at radius 2 is 1.55 bits per heavy atom. The van der Waals surface area contributed by atoms with E-state index < -0.39 is 11.7 Å². The highest BCUT2D eigenvalue weighted by atomic mass is 19.4. The van der Waals surface area contributed by atoms with Gasteiger partial charge in [0.2, 0.25) is 0 Å². The molecule has 3 rings (SSSR count). The van der Waals surface area contributed by atoms with Crippen molar-refractivity contribution >= 4 is 10.9 Å². The van der Waals surface area contributed by atoms with Gasteiger partial charge in [-0.25, -0.2) is 0 Å². The Morgan fingerprint density at radius 1 is 0.900 bits per heavy atom. The fraction of sp³-hybridized carbons (Fsp3) is 0.0667. The maximum atomic E-state index is 13.1. The molecular weight excluding hydrogens is 267 g/mol. The summed E-state index contributed by atoms with van der Waals surface area (Å²) in [6.07, 6.45) is -4.47. The van der Waals surface area contributed by atoms with Crippen molar-refractivity contribution in [1.29, 1.82) is 0 Å². The van der Waals surface area contributed by atoms with E-state index in [0.717, 1.165) is 6.07 Å². The number of rotatable bonds is 1. The zero-order valence-electron chi connectivity index (χ0n) is 10.2. The first kappa shape index (κ1) is 12.6. The molecule has 20 heavy (non-hydrogen) atoms. The Morgan fingerprint density at radius 3 is 2.30 bits per heavy atom. The molecule has 0 aliphatic heterocycles. The summed E-state index contributed by atoms with van der Waals surface area (Å²) in [5, 5.41) is 10.5. The molecule has 2 nitrogen and oxygen atoms in total. The molecule has 2 N–H and O–H groups in total. The number of benzene rings is 2. The molecule has 0 atom stereocenters. The van der Waals surface area contributed by atoms with Crippen molar-refractivity contribution in [3.63, 3.8) is 0 Å². The molecule has 0 saturated carbocycles. The second-order valence-electron chi connectivity index (χ2n) is 4.44. The number of para-hydroxylation sites is 1. The number of fused-ring (bicyclic) bond motifs is 1. The smallest absolute Gasteiger partial charge is 0.417 e. The molecule has 0 spiro atoms. The maximum Gasteiger partial charge on any atom is 0.417 e. The predicted molar refractivity (Wildman–Crippen MR) is 70.4 cm³/mol. The molecule has 0 fully saturated rings. The van der Waals surface area contributed by atoms with Crippen LogP contribution in [0.2, 0.25) is 0 Å². The second kappa shape index (κ2) is 4.30. The topological polar surface area (TPSA) is 36.0 Å². The van der Waals surface area contributed by atoms with E-state index >= 15 is 0 Å². The van der Waals surface area contributed by atoms with Gasteiger partial charge in [0.25, 0.3) is 0 Å². The van der Waals surface area contributed by atoms with Crippen LogP contribution in [0.25, 0.3) is 22.0 Å². The standard InChI is InChI=1S/C15H10F3NO/c16-15(17,18)11-7-3-1-5-9(11)13-10-6-2-4-8-12(10)19-14(13)20/h1-8,19-20H. The third kappa shape index (κ3) is 1.91. The highest BCUT2D eigenvalue weighted by molar-refractivity contribution is 5.99. The van der Waals surface area contributed by atoms with E-state index in [9.17, 15) is 18.3 Å². The summed E-state index contributed by atoms with van der Waals surface area (Å²) in [5.74, 6) is -0.261. The van der Waals surface area contributed by atoms with Gasteiger partial charge in [0.15, 0.2) is 5.88 Å². The predicted octanol–water partition coefficient (Wildman–Crippen LogP) is 4.56. The molecule has 5 heteroatoms. The van der Waals surface area contributed by atoms with Crippen LogP contribution in [0.15, 0.2) is 48.5 Å². The Balaban J connectivity index is 2.35. The molecule has 0 unspecified atom stereocenters. The zero-order chi connectivity index (χ0) is 14.3. The fourth-order valence-electron chi connectivity index (χ4n) is 2.35. The van der Waals surface area contributed by atoms with Gasteiger partial charge in [0.1, 0.15) is 0 Å². The van der Waals surface area contributed by atoms with Gasteiger partial charge < -0.3 is 10.1 Å². The summed E-state index contributed by atoms with van der Waals surface area (Å²) >= 11 is 0. The van der Waals surface area contributed by atoms with Crippen LogP contribution in [0.4, 0.5) is 13.2 Å². The summed E-state index contributed by atoms with van der Waals surface area (Å²) < 4.78 is 39.2. The molecule has 3 aromatic rings. The third-order valence-corrected chi connectivity index (χ3v) is 3.19. The van der Waals surface area contributed by atoms with Crippen LogP contribution in [-0.4, -0.2) is 10.1 Å². The number of halogens is 3. The van der Waals surface area contributed by atoms with Crippen LogP contribution in [-0.2, 0) is 6.18 Å². The highest BCUT2D eigenvalue weighted by Crippen LogP contribution is 2.43. The first-order valence-electron chi connectivity index (χ1n) is 5.95. The van der Waals surface area contributed by atoms with Gasteiger partial charge >= 0.3 is 6.18 Å². The van der Waals surface area contributed by atoms with E-state index in [1.807, 2.05) is 0 Å². The normalized spacial score (nSPS) is 11.9. The van der Waals surface area contributed by atoms with E-state index in [0.29, 0.717) is 10.9 Å². The third-order valence-electron chi connectivity index (χ3n) is 3.19. The van der Waals surface area contributed by atoms with Crippen LogP contribution in [0.1, 0.15) is 5.56 Å². The molecule has 0 aliphatic carbocycles. The number of H-pyrrole nitrogens is 1. The lowest BCUT2D eigenvalue weighted by Gasteiger charge is -2.12. The number of alkyl halides is 3. The molecule has 1 heterocycles. The number of hydrogen-bond donors (Lipinski definition) is 2. The van der Waals surface area contributed by atoms with E-state index in [2.05, 4.69) is 4.98 Å². The van der Waals surface area contributed by atoms with Crippen LogP contribution in [0.3, 0.4) is 0 Å². The quantitative estimate of drug-likeness (QED) is 0.672. The van der Waals surface area contributed by atoms with E-state index in [1.165, 1.54) is 18.2 Å². The Bertz CT molecular complexity index is 774. The Labute approximate surface area is 112 Å². The van der Waals surface area contributed by atoms with Crippen molar-refractivity contribution in [3.05, 3.63) is 54.1 Å². The highest BCUT2D eigenvalue weighted by Gasteiger charge is 2.34. The average Bonchev–Trinajstić information content (AvgIpc) is 2.73. The van der Waals surface area contributed by atoms with Crippen molar-refractivity contribution in [1.82, 2.24) is 4.98 Å². The number of aromatic nitrogens is 1. The maximum absolute atomic E-state index is 13.1. The summed E-state index contributed by atoms with van der Waals surface area (Å²) in [5.41, 5.74) is -0.0273. The fourth-order valence-corrected chi connectivity index (χ4v) is 2.35. The van der Waals surface area contributed by atoms with Crippen molar-refractivity contribution in [2.45, 2.75) is 6.18 Å². The van der Waals surface area contributed by atoms with Crippen molar-refractivity contribution in [3.8, 4) is 17.0 Å². The minimum absolute atomic E-state index is 0.0325. The van der Waals surface area contributed by atoms with Crippen LogP contribution in [0, 0.1) is 0 Å². The zero-order valence-corrected chi connectivity index (χ0v) is 10.2. The number of hydrogen-bond acceptors (Lipinski definition) is 1. The van der Waals surface area contributed by atoms with Gasteiger partial charge in [-0.3, -0.25) is 0 Å². The van der Waals surface area contributed by atoms with Crippen molar-refractivity contribution in [2.75, 3.05) is 0 Å². The van der Waals surface area contributed by atoms with Crippen LogP contribution < -0.4 is 0 Å². The lowest BCUT2D eigenvalue weighted by atomic mass is 9.98. The van der Waals surface area contributed by atoms with E-state index in [1.54, 1.807) is 24.3 Å². The van der Waals surface area contributed by atoms with E-state index in [4.69, 9.17) is 0 Å². The summed E-state index contributed by atoms with van der Waals surface area (Å²) in [7, 11) is 0. The molecule has 0 aliphatic rings. The molecule has 2 aromatic carbocycles. The molecule has 0 amide bonds. The first-order valence-corrected chi connectivity index (χ1v) is 5.95. The Hall–Kier alpha value is -2.43. The van der Waals surface area contributed by atoms with Crippen LogP contribution in [0.5, 0.6) is 5.88 Å². The number of aromatic amines is 1. The molecule has 0 saturated heterocycles. The van der Waals surface area contributed by atoms with Gasteiger partial charge in [-0.2, -0.15) is 13.2 Å².